The molecule has 30 heavy (non-hydrogen) atoms. The fourth-order valence-electron chi connectivity index (χ4n) is 4.06. The molecule has 1 aromatic carbocycles. The number of benzene rings is 1. The molecule has 0 amide bonds. The molecule has 2 aromatic rings. The van der Waals surface area contributed by atoms with Gasteiger partial charge in [0, 0.05) is 32.1 Å². The van der Waals surface area contributed by atoms with Crippen molar-refractivity contribution in [1.29, 1.82) is 0 Å². The lowest BCUT2D eigenvalue weighted by molar-refractivity contribution is 0.210. The summed E-state index contributed by atoms with van der Waals surface area (Å²) in [6.07, 6.45) is 4.92. The molecule has 0 aliphatic carbocycles. The van der Waals surface area contributed by atoms with E-state index in [1.807, 2.05) is 12.1 Å². The van der Waals surface area contributed by atoms with Crippen molar-refractivity contribution < 1.29 is 9.47 Å². The molecule has 4 rings (SSSR count). The molecule has 1 N–H and O–H groups in total. The highest BCUT2D eigenvalue weighted by Crippen LogP contribution is 2.31. The maximum atomic E-state index is 5.65. The summed E-state index contributed by atoms with van der Waals surface area (Å²) in [5.41, 5.74) is 1.76. The van der Waals surface area contributed by atoms with Crippen LogP contribution in [0.2, 0.25) is 0 Å². The molecular formula is C23H31N5O2. The van der Waals surface area contributed by atoms with Crippen LogP contribution in [0.3, 0.4) is 0 Å². The van der Waals surface area contributed by atoms with E-state index in [1.165, 1.54) is 25.7 Å². The number of anilines is 2. The van der Waals surface area contributed by atoms with Gasteiger partial charge in [0.25, 0.3) is 0 Å². The van der Waals surface area contributed by atoms with Crippen LogP contribution in [0, 0.1) is 11.8 Å². The zero-order valence-electron chi connectivity index (χ0n) is 18.0. The highest BCUT2D eigenvalue weighted by Gasteiger charge is 2.19. The smallest absolute Gasteiger partial charge is 0.227 e. The Hall–Kier alpha value is -2.56. The molecule has 2 saturated heterocycles. The Morgan fingerprint density at radius 1 is 1.03 bits per heavy atom. The summed E-state index contributed by atoms with van der Waals surface area (Å²) < 4.78 is 10.8. The van der Waals surface area contributed by atoms with Gasteiger partial charge in [0.2, 0.25) is 5.95 Å². The predicted octanol–water partition coefficient (Wildman–Crippen LogP) is 2.74. The summed E-state index contributed by atoms with van der Waals surface area (Å²) in [6.45, 7) is 6.39. The van der Waals surface area contributed by atoms with Gasteiger partial charge in [-0.2, -0.15) is 4.98 Å². The Balaban J connectivity index is 1.69. The van der Waals surface area contributed by atoms with E-state index in [1.54, 1.807) is 14.2 Å². The van der Waals surface area contributed by atoms with E-state index in [2.05, 4.69) is 27.0 Å². The van der Waals surface area contributed by atoms with Gasteiger partial charge in [0.05, 0.1) is 31.3 Å². The van der Waals surface area contributed by atoms with Crippen molar-refractivity contribution in [2.24, 2.45) is 0 Å². The van der Waals surface area contributed by atoms with Crippen LogP contribution in [0.15, 0.2) is 12.1 Å². The van der Waals surface area contributed by atoms with Gasteiger partial charge < -0.3 is 19.7 Å². The molecule has 0 atom stereocenters. The van der Waals surface area contributed by atoms with Gasteiger partial charge in [-0.3, -0.25) is 4.90 Å². The average Bonchev–Trinajstić information content (AvgIpc) is 3.47. The molecule has 1 aromatic heterocycles. The second kappa shape index (κ2) is 9.96. The topological polar surface area (TPSA) is 62.8 Å². The Kier molecular flexibility index (Phi) is 6.88. The number of methoxy groups -OCH3 is 2. The quantitative estimate of drug-likeness (QED) is 0.557. The van der Waals surface area contributed by atoms with E-state index in [0.29, 0.717) is 13.2 Å². The van der Waals surface area contributed by atoms with E-state index in [0.717, 1.165) is 66.7 Å². The van der Waals surface area contributed by atoms with E-state index >= 15 is 0 Å². The molecule has 0 spiro atoms. The normalized spacial score (nSPS) is 16.7. The number of nitrogens with one attached hydrogen (secondary N) is 1. The van der Waals surface area contributed by atoms with Gasteiger partial charge in [0.15, 0.2) is 0 Å². The molecule has 7 heteroatoms. The van der Waals surface area contributed by atoms with E-state index in [9.17, 15) is 0 Å². The van der Waals surface area contributed by atoms with Gasteiger partial charge >= 0.3 is 0 Å². The monoisotopic (exact) mass is 409 g/mol. The number of hydrogen-bond donors (Lipinski definition) is 1. The lowest BCUT2D eigenvalue weighted by Crippen LogP contribution is -2.21. The molecule has 160 valence electrons. The Morgan fingerprint density at radius 3 is 2.53 bits per heavy atom. The fraction of sp³-hybridized carbons (Fsp3) is 0.565. The van der Waals surface area contributed by atoms with Crippen molar-refractivity contribution in [3.05, 3.63) is 17.7 Å². The average molecular weight is 410 g/mol. The Morgan fingerprint density at radius 2 is 1.80 bits per heavy atom. The number of ether oxygens (including phenoxy) is 2. The van der Waals surface area contributed by atoms with E-state index in [4.69, 9.17) is 19.4 Å². The summed E-state index contributed by atoms with van der Waals surface area (Å²) in [5, 5.41) is 4.34. The molecule has 2 fully saturated rings. The van der Waals surface area contributed by atoms with Gasteiger partial charge in [0.1, 0.15) is 11.6 Å². The number of aromatic nitrogens is 2. The first-order valence-corrected chi connectivity index (χ1v) is 10.9. The summed E-state index contributed by atoms with van der Waals surface area (Å²) in [7, 11) is 3.38. The summed E-state index contributed by atoms with van der Waals surface area (Å²) in [4.78, 5) is 14.4. The molecule has 3 heterocycles. The van der Waals surface area contributed by atoms with Crippen LogP contribution in [0.25, 0.3) is 10.9 Å². The number of nitrogens with zero attached hydrogens (tertiary/aromatic N) is 4. The SMILES string of the molecule is COCCNc1nc(N2CCCC2)nc2cc(C#CCN3CCCC3)c(OC)cc12. The van der Waals surface area contributed by atoms with Crippen molar-refractivity contribution in [1.82, 2.24) is 14.9 Å². The lowest BCUT2D eigenvalue weighted by atomic mass is 10.1. The zero-order chi connectivity index (χ0) is 20.8. The number of hydrogen-bond acceptors (Lipinski definition) is 7. The first kappa shape index (κ1) is 20.7. The maximum absolute atomic E-state index is 5.65. The van der Waals surface area contributed by atoms with Crippen molar-refractivity contribution >= 4 is 22.7 Å². The minimum absolute atomic E-state index is 0.613. The zero-order valence-corrected chi connectivity index (χ0v) is 18.0. The van der Waals surface area contributed by atoms with Gasteiger partial charge in [-0.25, -0.2) is 4.98 Å². The number of rotatable bonds is 7. The van der Waals surface area contributed by atoms with Gasteiger partial charge in [-0.05, 0) is 50.9 Å². The van der Waals surface area contributed by atoms with Gasteiger partial charge in [-0.1, -0.05) is 11.8 Å². The first-order valence-electron chi connectivity index (χ1n) is 10.9. The van der Waals surface area contributed by atoms with Crippen molar-refractivity contribution in [3.8, 4) is 17.6 Å². The van der Waals surface area contributed by atoms with Crippen LogP contribution in [-0.2, 0) is 4.74 Å². The third kappa shape index (κ3) is 4.77. The molecular weight excluding hydrogens is 378 g/mol. The van der Waals surface area contributed by atoms with Crippen molar-refractivity contribution in [2.75, 3.05) is 70.3 Å². The lowest BCUT2D eigenvalue weighted by Gasteiger charge is -2.18. The largest absolute Gasteiger partial charge is 0.495 e. The molecule has 0 bridgehead atoms. The third-order valence-electron chi connectivity index (χ3n) is 5.72. The fourth-order valence-corrected chi connectivity index (χ4v) is 4.06. The summed E-state index contributed by atoms with van der Waals surface area (Å²) in [6, 6.07) is 4.03. The summed E-state index contributed by atoms with van der Waals surface area (Å²) >= 11 is 0. The minimum atomic E-state index is 0.613. The Bertz CT molecular complexity index is 925. The molecule has 2 aliphatic heterocycles. The minimum Gasteiger partial charge on any atom is -0.495 e. The van der Waals surface area contributed by atoms with Crippen molar-refractivity contribution in [2.45, 2.75) is 25.7 Å². The molecule has 0 unspecified atom stereocenters. The van der Waals surface area contributed by atoms with Crippen LogP contribution < -0.4 is 15.0 Å². The third-order valence-corrected chi connectivity index (χ3v) is 5.72. The second-order valence-corrected chi connectivity index (χ2v) is 7.84. The highest BCUT2D eigenvalue weighted by molar-refractivity contribution is 5.92. The molecule has 0 saturated carbocycles. The molecule has 2 aliphatic rings. The number of likely N-dealkylation sites (tertiary alicyclic amines) is 1. The first-order chi connectivity index (χ1) is 14.8. The molecule has 7 nitrogen and oxygen atoms in total. The Labute approximate surface area is 178 Å². The van der Waals surface area contributed by atoms with Crippen LogP contribution in [0.1, 0.15) is 31.2 Å². The van der Waals surface area contributed by atoms with E-state index < -0.39 is 0 Å². The maximum Gasteiger partial charge on any atom is 0.227 e. The van der Waals surface area contributed by atoms with Gasteiger partial charge in [-0.15, -0.1) is 0 Å². The van der Waals surface area contributed by atoms with Crippen LogP contribution in [0.5, 0.6) is 5.75 Å². The van der Waals surface area contributed by atoms with E-state index in [-0.39, 0.29) is 0 Å². The summed E-state index contributed by atoms with van der Waals surface area (Å²) in [5.74, 6) is 8.98. The standard InChI is InChI=1S/C23H31N5O2/c1-29-15-9-24-22-19-17-21(30-2)18(8-7-12-27-10-3-4-11-27)16-20(19)25-23(26-22)28-13-5-6-14-28/h16-17H,3-6,9-15H2,1-2H3,(H,24,25,26). The van der Waals surface area contributed by atoms with Crippen LogP contribution in [-0.4, -0.2) is 75.0 Å². The van der Waals surface area contributed by atoms with Crippen LogP contribution >= 0.6 is 0 Å². The highest BCUT2D eigenvalue weighted by atomic mass is 16.5. The predicted molar refractivity (Wildman–Crippen MR) is 120 cm³/mol. The second-order valence-electron chi connectivity index (χ2n) is 7.84. The van der Waals surface area contributed by atoms with Crippen LogP contribution in [0.4, 0.5) is 11.8 Å². The number of fused-ring (bicyclic) bond motifs is 1. The van der Waals surface area contributed by atoms with Crippen molar-refractivity contribution in [3.63, 3.8) is 0 Å². The molecule has 0 radical (unpaired) electrons.